The van der Waals surface area contributed by atoms with Gasteiger partial charge in [0.15, 0.2) is 0 Å². The van der Waals surface area contributed by atoms with Crippen LogP contribution in [-0.2, 0) is 4.74 Å². The fraction of sp³-hybridized carbons (Fsp3) is 0.417. The lowest BCUT2D eigenvalue weighted by Gasteiger charge is -2.07. The molecule has 0 unspecified atom stereocenters. The van der Waals surface area contributed by atoms with Crippen LogP contribution in [0.4, 0.5) is 5.69 Å². The van der Waals surface area contributed by atoms with Gasteiger partial charge < -0.3 is 4.74 Å². The highest BCUT2D eigenvalue weighted by atomic mass is 79.9. The fourth-order valence-corrected chi connectivity index (χ4v) is 1.58. The number of nitrogens with zero attached hydrogens (tertiary/aromatic N) is 2. The molecule has 1 aromatic heterocycles. The summed E-state index contributed by atoms with van der Waals surface area (Å²) in [5.74, 6) is -0.420. The van der Waals surface area contributed by atoms with Crippen molar-refractivity contribution in [3.8, 4) is 0 Å². The molecule has 0 atom stereocenters. The molecule has 92 valence electrons. The van der Waals surface area contributed by atoms with E-state index in [0.717, 1.165) is 18.4 Å². The minimum atomic E-state index is -0.420. The lowest BCUT2D eigenvalue weighted by atomic mass is 10.1. The summed E-state index contributed by atoms with van der Waals surface area (Å²) in [5, 5.41) is 0. The first-order valence-corrected chi connectivity index (χ1v) is 6.17. The zero-order valence-corrected chi connectivity index (χ0v) is 11.7. The average molecular weight is 299 g/mol. The zero-order chi connectivity index (χ0) is 12.8. The molecule has 0 aromatic carbocycles. The summed E-state index contributed by atoms with van der Waals surface area (Å²) >= 11 is 3.32. The second-order valence-electron chi connectivity index (χ2n) is 3.53. The Morgan fingerprint density at radius 2 is 2.35 bits per heavy atom. The smallest absolute Gasteiger partial charge is 0.341 e. The summed E-state index contributed by atoms with van der Waals surface area (Å²) in [6.07, 6.45) is 5.17. The summed E-state index contributed by atoms with van der Waals surface area (Å²) in [7, 11) is 1.35. The molecular formula is C12H15BrN2O2. The van der Waals surface area contributed by atoms with Crippen LogP contribution < -0.4 is 0 Å². The summed E-state index contributed by atoms with van der Waals surface area (Å²) in [5.41, 5.74) is 1.84. The van der Waals surface area contributed by atoms with Crippen molar-refractivity contribution in [2.24, 2.45) is 4.99 Å². The molecule has 0 bridgehead atoms. The number of carbonyl (C=O) groups is 1. The normalized spacial score (nSPS) is 10.8. The Morgan fingerprint density at radius 1 is 1.65 bits per heavy atom. The molecule has 4 nitrogen and oxygen atoms in total. The van der Waals surface area contributed by atoms with Gasteiger partial charge in [0.25, 0.3) is 0 Å². The van der Waals surface area contributed by atoms with Gasteiger partial charge >= 0.3 is 5.97 Å². The molecule has 0 saturated heterocycles. The van der Waals surface area contributed by atoms with Gasteiger partial charge in [-0.25, -0.2) is 9.78 Å². The third kappa shape index (κ3) is 3.36. The maximum absolute atomic E-state index is 11.6. The largest absolute Gasteiger partial charge is 0.465 e. The van der Waals surface area contributed by atoms with Crippen molar-refractivity contribution in [3.63, 3.8) is 0 Å². The number of aliphatic imine (C=N–C) groups is 1. The Hall–Kier alpha value is -1.23. The van der Waals surface area contributed by atoms with Crippen molar-refractivity contribution >= 4 is 33.8 Å². The molecule has 1 rings (SSSR count). The van der Waals surface area contributed by atoms with E-state index in [9.17, 15) is 4.79 Å². The second-order valence-corrected chi connectivity index (χ2v) is 4.28. The number of unbranched alkanes of at least 4 members (excludes halogenated alkanes) is 1. The first kappa shape index (κ1) is 13.8. The third-order valence-electron chi connectivity index (χ3n) is 2.27. The summed E-state index contributed by atoms with van der Waals surface area (Å²) in [6, 6.07) is 0. The number of halogens is 1. The number of hydrogen-bond acceptors (Lipinski definition) is 4. The number of esters is 1. The second kappa shape index (κ2) is 6.49. The van der Waals surface area contributed by atoms with Gasteiger partial charge in [0, 0.05) is 18.0 Å². The first-order chi connectivity index (χ1) is 8.11. The number of ether oxygens (including phenoxy) is 1. The van der Waals surface area contributed by atoms with E-state index in [0.29, 0.717) is 15.9 Å². The summed E-state index contributed by atoms with van der Waals surface area (Å²) in [4.78, 5) is 20.0. The van der Waals surface area contributed by atoms with E-state index >= 15 is 0 Å². The lowest BCUT2D eigenvalue weighted by molar-refractivity contribution is 0.0601. The van der Waals surface area contributed by atoms with Crippen LogP contribution in [0.25, 0.3) is 0 Å². The van der Waals surface area contributed by atoms with Crippen LogP contribution in [0.5, 0.6) is 0 Å². The molecule has 0 fully saturated rings. The molecule has 0 amide bonds. The van der Waals surface area contributed by atoms with E-state index in [1.54, 1.807) is 6.21 Å². The Kier molecular flexibility index (Phi) is 5.28. The topological polar surface area (TPSA) is 51.5 Å². The van der Waals surface area contributed by atoms with Crippen molar-refractivity contribution in [2.45, 2.75) is 26.7 Å². The predicted octanol–water partition coefficient (Wildman–Crippen LogP) is 3.44. The van der Waals surface area contributed by atoms with E-state index in [4.69, 9.17) is 4.74 Å². The Bertz CT molecular complexity index is 444. The van der Waals surface area contributed by atoms with Crippen LogP contribution in [0, 0.1) is 6.92 Å². The number of rotatable bonds is 4. The van der Waals surface area contributed by atoms with Crippen molar-refractivity contribution in [1.29, 1.82) is 0 Å². The first-order valence-electron chi connectivity index (χ1n) is 5.37. The molecular weight excluding hydrogens is 284 g/mol. The van der Waals surface area contributed by atoms with Gasteiger partial charge in [-0.1, -0.05) is 13.3 Å². The molecule has 0 aliphatic rings. The van der Waals surface area contributed by atoms with E-state index in [1.807, 2.05) is 6.92 Å². The van der Waals surface area contributed by atoms with Crippen molar-refractivity contribution in [3.05, 3.63) is 21.9 Å². The average Bonchev–Trinajstić information content (AvgIpc) is 2.34. The van der Waals surface area contributed by atoms with E-state index in [1.165, 1.54) is 13.3 Å². The van der Waals surface area contributed by atoms with Gasteiger partial charge in [0.1, 0.15) is 10.2 Å². The van der Waals surface area contributed by atoms with Crippen LogP contribution in [0.1, 0.15) is 35.7 Å². The van der Waals surface area contributed by atoms with E-state index in [-0.39, 0.29) is 0 Å². The maximum atomic E-state index is 11.6. The van der Waals surface area contributed by atoms with Crippen LogP contribution in [0.2, 0.25) is 0 Å². The minimum absolute atomic E-state index is 0.389. The minimum Gasteiger partial charge on any atom is -0.465 e. The van der Waals surface area contributed by atoms with Gasteiger partial charge in [0.2, 0.25) is 0 Å². The number of pyridine rings is 1. The Morgan fingerprint density at radius 3 is 2.94 bits per heavy atom. The molecule has 0 aliphatic carbocycles. The number of carbonyl (C=O) groups excluding carboxylic acids is 1. The quantitative estimate of drug-likeness (QED) is 0.486. The monoisotopic (exact) mass is 298 g/mol. The number of hydrogen-bond donors (Lipinski definition) is 0. The molecule has 1 aromatic rings. The molecule has 0 aliphatic heterocycles. The van der Waals surface area contributed by atoms with Crippen LogP contribution in [0.3, 0.4) is 0 Å². The van der Waals surface area contributed by atoms with Gasteiger partial charge in [-0.2, -0.15) is 0 Å². The maximum Gasteiger partial charge on any atom is 0.341 e. The van der Waals surface area contributed by atoms with Crippen LogP contribution >= 0.6 is 15.9 Å². The summed E-state index contributed by atoms with van der Waals surface area (Å²) in [6.45, 7) is 3.94. The molecule has 5 heteroatoms. The Balaban J connectivity index is 3.21. The molecule has 1 heterocycles. The van der Waals surface area contributed by atoms with Gasteiger partial charge in [-0.15, -0.1) is 0 Å². The van der Waals surface area contributed by atoms with Crippen molar-refractivity contribution in [2.75, 3.05) is 7.11 Å². The van der Waals surface area contributed by atoms with Crippen molar-refractivity contribution < 1.29 is 9.53 Å². The third-order valence-corrected chi connectivity index (χ3v) is 3.07. The number of aromatic nitrogens is 1. The van der Waals surface area contributed by atoms with E-state index < -0.39 is 5.97 Å². The predicted molar refractivity (Wildman–Crippen MR) is 71.1 cm³/mol. The van der Waals surface area contributed by atoms with Crippen molar-refractivity contribution in [1.82, 2.24) is 4.98 Å². The van der Waals surface area contributed by atoms with Gasteiger partial charge in [-0.3, -0.25) is 4.99 Å². The molecule has 17 heavy (non-hydrogen) atoms. The highest BCUT2D eigenvalue weighted by molar-refractivity contribution is 9.10. The summed E-state index contributed by atoms with van der Waals surface area (Å²) < 4.78 is 5.40. The molecule has 0 N–H and O–H groups in total. The van der Waals surface area contributed by atoms with Gasteiger partial charge in [0.05, 0.1) is 12.8 Å². The van der Waals surface area contributed by atoms with Gasteiger partial charge in [-0.05, 0) is 29.3 Å². The zero-order valence-electron chi connectivity index (χ0n) is 10.2. The molecule has 0 spiro atoms. The number of methoxy groups -OCH3 is 1. The fourth-order valence-electron chi connectivity index (χ4n) is 1.29. The van der Waals surface area contributed by atoms with Crippen LogP contribution in [-0.4, -0.2) is 24.3 Å². The SMILES string of the molecule is CCCC=Nc1c(C(=O)OC)cnc(Br)c1C. The molecule has 0 radical (unpaired) electrons. The highest BCUT2D eigenvalue weighted by Crippen LogP contribution is 2.28. The van der Waals surface area contributed by atoms with E-state index in [2.05, 4.69) is 32.8 Å². The lowest BCUT2D eigenvalue weighted by Crippen LogP contribution is -2.04. The Labute approximate surface area is 109 Å². The molecule has 0 saturated carbocycles. The van der Waals surface area contributed by atoms with Crippen LogP contribution in [0.15, 0.2) is 15.8 Å². The highest BCUT2D eigenvalue weighted by Gasteiger charge is 2.15. The standard InChI is InChI=1S/C12H15BrN2O2/c1-4-5-6-14-10-8(2)11(13)15-7-9(10)12(16)17-3/h6-7H,4-5H2,1-3H3.